The molecule has 3 rings (SSSR count). The number of fused-ring (bicyclic) bond motifs is 1. The van der Waals surface area contributed by atoms with Gasteiger partial charge < -0.3 is 15.4 Å². The van der Waals surface area contributed by atoms with Gasteiger partial charge in [-0.05, 0) is 50.5 Å². The normalized spacial score (nSPS) is 19.8. The summed E-state index contributed by atoms with van der Waals surface area (Å²) in [5.74, 6) is 2.53. The molecule has 29 heavy (non-hydrogen) atoms. The van der Waals surface area contributed by atoms with E-state index in [-0.39, 0.29) is 11.9 Å². The van der Waals surface area contributed by atoms with Gasteiger partial charge in [0.05, 0.1) is 13.0 Å². The molecule has 1 aromatic heterocycles. The summed E-state index contributed by atoms with van der Waals surface area (Å²) < 4.78 is 5.63. The predicted octanol–water partition coefficient (Wildman–Crippen LogP) is 3.28. The lowest BCUT2D eigenvalue weighted by Gasteiger charge is -2.34. The van der Waals surface area contributed by atoms with Crippen LogP contribution in [-0.4, -0.2) is 53.6 Å². The number of ether oxygens (including phenoxy) is 1. The molecule has 1 fully saturated rings. The van der Waals surface area contributed by atoms with Gasteiger partial charge in [-0.3, -0.25) is 9.69 Å². The molecule has 2 aliphatic rings. The standard InChI is InChI=1S/C22H37N5O2/c1-4-5-12-29-22-24-20(23)18-13-19(28)27(21(18)25-22)11-7-9-17-8-6-10-26(15-17)14-16(2)3/h16-17H,4-15H2,1-3H3,(H2,23,24,25). The molecule has 0 aliphatic carbocycles. The molecule has 0 spiro atoms. The third-order valence-electron chi connectivity index (χ3n) is 5.83. The number of piperidine rings is 1. The molecule has 0 aromatic carbocycles. The molecular formula is C22H37N5O2. The van der Waals surface area contributed by atoms with E-state index in [4.69, 9.17) is 10.5 Å². The molecule has 1 amide bonds. The maximum atomic E-state index is 12.6. The minimum Gasteiger partial charge on any atom is -0.463 e. The SMILES string of the molecule is CCCCOc1nc(N)c2c(n1)N(CCCC1CCCN(CC(C)C)C1)C(=O)C2. The van der Waals surface area contributed by atoms with E-state index >= 15 is 0 Å². The van der Waals surface area contributed by atoms with Gasteiger partial charge in [0.1, 0.15) is 11.6 Å². The largest absolute Gasteiger partial charge is 0.463 e. The lowest BCUT2D eigenvalue weighted by atomic mass is 9.93. The second kappa shape index (κ2) is 10.2. The Morgan fingerprint density at radius 3 is 2.86 bits per heavy atom. The second-order valence-electron chi connectivity index (χ2n) is 8.92. The number of nitrogens with two attached hydrogens (primary N) is 1. The van der Waals surface area contributed by atoms with E-state index in [0.29, 0.717) is 37.1 Å². The molecular weight excluding hydrogens is 366 g/mol. The van der Waals surface area contributed by atoms with E-state index in [0.717, 1.165) is 37.2 Å². The summed E-state index contributed by atoms with van der Waals surface area (Å²) in [7, 11) is 0. The van der Waals surface area contributed by atoms with Crippen molar-refractivity contribution >= 4 is 17.5 Å². The van der Waals surface area contributed by atoms with E-state index in [1.54, 1.807) is 4.90 Å². The maximum absolute atomic E-state index is 12.6. The summed E-state index contributed by atoms with van der Waals surface area (Å²) in [6.07, 6.45) is 6.99. The number of nitrogens with zero attached hydrogens (tertiary/aromatic N) is 4. The number of nitrogen functional groups attached to an aromatic ring is 1. The van der Waals surface area contributed by atoms with Crippen LogP contribution in [0, 0.1) is 11.8 Å². The quantitative estimate of drug-likeness (QED) is 0.604. The number of aromatic nitrogens is 2. The number of hydrogen-bond acceptors (Lipinski definition) is 6. The van der Waals surface area contributed by atoms with Crippen LogP contribution in [0.4, 0.5) is 11.6 Å². The molecule has 7 heteroatoms. The van der Waals surface area contributed by atoms with E-state index in [1.807, 2.05) is 0 Å². The second-order valence-corrected chi connectivity index (χ2v) is 8.92. The van der Waals surface area contributed by atoms with Crippen LogP contribution in [0.1, 0.15) is 64.9 Å². The van der Waals surface area contributed by atoms with E-state index in [2.05, 4.69) is 35.6 Å². The topological polar surface area (TPSA) is 84.6 Å². The highest BCUT2D eigenvalue weighted by molar-refractivity contribution is 6.01. The van der Waals surface area contributed by atoms with Crippen molar-refractivity contribution in [3.8, 4) is 6.01 Å². The number of unbranched alkanes of at least 4 members (excludes halogenated alkanes) is 1. The number of anilines is 2. The van der Waals surface area contributed by atoms with E-state index in [1.165, 1.54) is 32.5 Å². The van der Waals surface area contributed by atoms with Gasteiger partial charge in [0, 0.05) is 25.2 Å². The van der Waals surface area contributed by atoms with Crippen molar-refractivity contribution in [1.29, 1.82) is 0 Å². The van der Waals surface area contributed by atoms with Gasteiger partial charge in [-0.25, -0.2) is 0 Å². The number of amides is 1. The van der Waals surface area contributed by atoms with Gasteiger partial charge in [0.15, 0.2) is 0 Å². The summed E-state index contributed by atoms with van der Waals surface area (Å²) in [6, 6.07) is 0.283. The minimum atomic E-state index is 0.0665. The zero-order chi connectivity index (χ0) is 20.8. The molecule has 0 bridgehead atoms. The Bertz CT molecular complexity index is 694. The highest BCUT2D eigenvalue weighted by Crippen LogP contribution is 2.32. The zero-order valence-corrected chi connectivity index (χ0v) is 18.3. The van der Waals surface area contributed by atoms with Gasteiger partial charge >= 0.3 is 6.01 Å². The summed E-state index contributed by atoms with van der Waals surface area (Å²) in [6.45, 7) is 11.5. The molecule has 2 aliphatic heterocycles. The summed E-state index contributed by atoms with van der Waals surface area (Å²) in [5.41, 5.74) is 6.84. The molecule has 0 saturated carbocycles. The molecule has 3 heterocycles. The Morgan fingerprint density at radius 1 is 1.28 bits per heavy atom. The Balaban J connectivity index is 1.56. The van der Waals surface area contributed by atoms with Crippen LogP contribution in [0.3, 0.4) is 0 Å². The van der Waals surface area contributed by atoms with Gasteiger partial charge in [-0.15, -0.1) is 0 Å². The van der Waals surface area contributed by atoms with Crippen molar-refractivity contribution < 1.29 is 9.53 Å². The smallest absolute Gasteiger partial charge is 0.320 e. The Labute approximate surface area is 175 Å². The molecule has 1 unspecified atom stereocenters. The first-order valence-corrected chi connectivity index (χ1v) is 11.3. The van der Waals surface area contributed by atoms with Crippen molar-refractivity contribution in [2.45, 2.75) is 65.7 Å². The van der Waals surface area contributed by atoms with Crippen molar-refractivity contribution in [3.05, 3.63) is 5.56 Å². The highest BCUT2D eigenvalue weighted by atomic mass is 16.5. The van der Waals surface area contributed by atoms with Gasteiger partial charge in [0.25, 0.3) is 0 Å². The predicted molar refractivity (Wildman–Crippen MR) is 116 cm³/mol. The summed E-state index contributed by atoms with van der Waals surface area (Å²) in [4.78, 5) is 25.7. The Morgan fingerprint density at radius 2 is 2.10 bits per heavy atom. The van der Waals surface area contributed by atoms with Crippen molar-refractivity contribution in [2.24, 2.45) is 11.8 Å². The Kier molecular flexibility index (Phi) is 7.70. The molecule has 0 radical (unpaired) electrons. The monoisotopic (exact) mass is 403 g/mol. The van der Waals surface area contributed by atoms with Gasteiger partial charge in [-0.1, -0.05) is 27.2 Å². The number of carbonyl (C=O) groups excluding carboxylic acids is 1. The van der Waals surface area contributed by atoms with Crippen LogP contribution in [0.2, 0.25) is 0 Å². The minimum absolute atomic E-state index is 0.0665. The van der Waals surface area contributed by atoms with Crippen molar-refractivity contribution in [2.75, 3.05) is 43.4 Å². The first-order valence-electron chi connectivity index (χ1n) is 11.3. The summed E-state index contributed by atoms with van der Waals surface area (Å²) in [5, 5.41) is 0. The average molecular weight is 404 g/mol. The third-order valence-corrected chi connectivity index (χ3v) is 5.83. The van der Waals surface area contributed by atoms with Crippen LogP contribution in [0.25, 0.3) is 0 Å². The lowest BCUT2D eigenvalue weighted by Crippen LogP contribution is -2.38. The van der Waals surface area contributed by atoms with Crippen LogP contribution < -0.4 is 15.4 Å². The Hall–Kier alpha value is -1.89. The van der Waals surface area contributed by atoms with Gasteiger partial charge in [0.2, 0.25) is 5.91 Å². The van der Waals surface area contributed by atoms with Crippen LogP contribution in [0.5, 0.6) is 6.01 Å². The molecule has 7 nitrogen and oxygen atoms in total. The summed E-state index contributed by atoms with van der Waals surface area (Å²) >= 11 is 0. The van der Waals surface area contributed by atoms with Crippen LogP contribution in [0.15, 0.2) is 0 Å². The van der Waals surface area contributed by atoms with Crippen LogP contribution >= 0.6 is 0 Å². The number of rotatable bonds is 10. The lowest BCUT2D eigenvalue weighted by molar-refractivity contribution is -0.117. The third kappa shape index (κ3) is 5.81. The fourth-order valence-corrected chi connectivity index (χ4v) is 4.44. The molecule has 2 N–H and O–H groups in total. The highest BCUT2D eigenvalue weighted by Gasteiger charge is 2.32. The maximum Gasteiger partial charge on any atom is 0.320 e. The molecule has 1 aromatic rings. The molecule has 1 saturated heterocycles. The number of likely N-dealkylation sites (tertiary alicyclic amines) is 1. The first kappa shape index (κ1) is 21.8. The van der Waals surface area contributed by atoms with Crippen LogP contribution in [-0.2, 0) is 11.2 Å². The fraction of sp³-hybridized carbons (Fsp3) is 0.773. The molecule has 162 valence electrons. The number of hydrogen-bond donors (Lipinski definition) is 1. The fourth-order valence-electron chi connectivity index (χ4n) is 4.44. The van der Waals surface area contributed by atoms with Crippen molar-refractivity contribution in [3.63, 3.8) is 0 Å². The van der Waals surface area contributed by atoms with E-state index < -0.39 is 0 Å². The van der Waals surface area contributed by atoms with Gasteiger partial charge in [-0.2, -0.15) is 9.97 Å². The molecule has 1 atom stereocenters. The number of carbonyl (C=O) groups is 1. The average Bonchev–Trinajstić information content (AvgIpc) is 2.98. The zero-order valence-electron chi connectivity index (χ0n) is 18.3. The first-order chi connectivity index (χ1) is 14.0. The van der Waals surface area contributed by atoms with Crippen molar-refractivity contribution in [1.82, 2.24) is 14.9 Å². The van der Waals surface area contributed by atoms with E-state index in [9.17, 15) is 4.79 Å².